The number of nitrogens with zero attached hydrogens (tertiary/aromatic N) is 4. The van der Waals surface area contributed by atoms with Crippen LogP contribution in [0.5, 0.6) is 0 Å². The van der Waals surface area contributed by atoms with E-state index < -0.39 is 5.97 Å². The molecule has 0 aliphatic carbocycles. The Bertz CT molecular complexity index is 614. The summed E-state index contributed by atoms with van der Waals surface area (Å²) in [7, 11) is 0. The summed E-state index contributed by atoms with van der Waals surface area (Å²) < 4.78 is 1.75. The molecule has 2 rings (SSSR count). The maximum absolute atomic E-state index is 10.8. The van der Waals surface area contributed by atoms with Crippen molar-refractivity contribution in [3.8, 4) is 0 Å². The van der Waals surface area contributed by atoms with Gasteiger partial charge in [0.25, 0.3) is 0 Å². The zero-order valence-corrected chi connectivity index (χ0v) is 11.6. The number of halogens is 1. The maximum atomic E-state index is 10.8. The minimum absolute atomic E-state index is 0.0615. The molecule has 0 saturated carbocycles. The monoisotopic (exact) mass is 295 g/mol. The molecule has 20 heavy (non-hydrogen) atoms. The number of anilines is 1. The van der Waals surface area contributed by atoms with Gasteiger partial charge in [0.15, 0.2) is 0 Å². The van der Waals surface area contributed by atoms with Crippen molar-refractivity contribution in [2.75, 3.05) is 11.9 Å². The lowest BCUT2D eigenvalue weighted by Gasteiger charge is -2.06. The highest BCUT2D eigenvalue weighted by molar-refractivity contribution is 6.33. The van der Waals surface area contributed by atoms with Crippen molar-refractivity contribution in [2.45, 2.75) is 19.9 Å². The van der Waals surface area contributed by atoms with Crippen molar-refractivity contribution in [3.63, 3.8) is 0 Å². The molecule has 0 amide bonds. The predicted molar refractivity (Wildman–Crippen MR) is 74.1 cm³/mol. The standard InChI is InChI=1S/C12H14ClN5O2/c1-2-18-7-9(16-17-18)3-4-14-11-10(13)5-8(6-15-11)12(19)20/h5-7H,2-4H2,1H3,(H,14,15)(H,19,20). The van der Waals surface area contributed by atoms with Crippen LogP contribution in [-0.2, 0) is 13.0 Å². The van der Waals surface area contributed by atoms with Crippen LogP contribution in [0, 0.1) is 0 Å². The van der Waals surface area contributed by atoms with Crippen LogP contribution in [0.1, 0.15) is 23.0 Å². The summed E-state index contributed by atoms with van der Waals surface area (Å²) in [5, 5.41) is 20.1. The van der Waals surface area contributed by atoms with E-state index in [-0.39, 0.29) is 10.6 Å². The summed E-state index contributed by atoms with van der Waals surface area (Å²) in [5.74, 6) is -0.596. The third-order valence-electron chi connectivity index (χ3n) is 2.67. The average molecular weight is 296 g/mol. The molecule has 8 heteroatoms. The van der Waals surface area contributed by atoms with Crippen molar-refractivity contribution < 1.29 is 9.90 Å². The molecular formula is C12H14ClN5O2. The van der Waals surface area contributed by atoms with Crippen LogP contribution in [0.15, 0.2) is 18.5 Å². The normalized spacial score (nSPS) is 10.5. The van der Waals surface area contributed by atoms with Crippen LogP contribution in [0.25, 0.3) is 0 Å². The van der Waals surface area contributed by atoms with Gasteiger partial charge in [-0.05, 0) is 13.0 Å². The number of hydrogen-bond donors (Lipinski definition) is 2. The predicted octanol–water partition coefficient (Wildman–Crippen LogP) is 1.70. The molecule has 2 heterocycles. The second-order valence-corrected chi connectivity index (χ2v) is 4.51. The van der Waals surface area contributed by atoms with Crippen molar-refractivity contribution in [2.24, 2.45) is 0 Å². The number of aryl methyl sites for hydroxylation is 1. The minimum Gasteiger partial charge on any atom is -0.478 e. The van der Waals surface area contributed by atoms with Gasteiger partial charge >= 0.3 is 5.97 Å². The van der Waals surface area contributed by atoms with E-state index in [1.807, 2.05) is 13.1 Å². The van der Waals surface area contributed by atoms with Crippen molar-refractivity contribution in [1.29, 1.82) is 0 Å². The van der Waals surface area contributed by atoms with Gasteiger partial charge in [-0.2, -0.15) is 0 Å². The largest absolute Gasteiger partial charge is 0.478 e. The highest BCUT2D eigenvalue weighted by Crippen LogP contribution is 2.19. The fourth-order valence-electron chi connectivity index (χ4n) is 1.60. The third-order valence-corrected chi connectivity index (χ3v) is 2.96. The second-order valence-electron chi connectivity index (χ2n) is 4.10. The first-order valence-corrected chi connectivity index (χ1v) is 6.49. The molecule has 2 N–H and O–H groups in total. The molecule has 0 atom stereocenters. The van der Waals surface area contributed by atoms with Crippen LogP contribution in [-0.4, -0.2) is 37.6 Å². The van der Waals surface area contributed by atoms with E-state index in [1.54, 1.807) is 4.68 Å². The van der Waals surface area contributed by atoms with Crippen molar-refractivity contribution in [3.05, 3.63) is 34.7 Å². The highest BCUT2D eigenvalue weighted by Gasteiger charge is 2.08. The smallest absolute Gasteiger partial charge is 0.337 e. The van der Waals surface area contributed by atoms with E-state index in [2.05, 4.69) is 20.6 Å². The number of rotatable bonds is 6. The highest BCUT2D eigenvalue weighted by atomic mass is 35.5. The molecule has 0 aromatic carbocycles. The lowest BCUT2D eigenvalue weighted by Crippen LogP contribution is -2.08. The Morgan fingerprint density at radius 3 is 2.95 bits per heavy atom. The van der Waals surface area contributed by atoms with Crippen molar-refractivity contribution >= 4 is 23.4 Å². The van der Waals surface area contributed by atoms with Crippen LogP contribution in [0.3, 0.4) is 0 Å². The molecule has 0 fully saturated rings. The fraction of sp³-hybridized carbons (Fsp3) is 0.333. The van der Waals surface area contributed by atoms with Crippen LogP contribution in [0.2, 0.25) is 5.02 Å². The lowest BCUT2D eigenvalue weighted by atomic mass is 10.3. The molecule has 0 radical (unpaired) electrons. The van der Waals surface area contributed by atoms with E-state index in [9.17, 15) is 4.79 Å². The number of nitrogens with one attached hydrogen (secondary N) is 1. The Morgan fingerprint density at radius 1 is 1.55 bits per heavy atom. The van der Waals surface area contributed by atoms with Gasteiger partial charge < -0.3 is 10.4 Å². The molecular weight excluding hydrogens is 282 g/mol. The molecule has 0 bridgehead atoms. The zero-order valence-electron chi connectivity index (χ0n) is 10.9. The van der Waals surface area contributed by atoms with Gasteiger partial charge in [-0.25, -0.2) is 9.78 Å². The summed E-state index contributed by atoms with van der Waals surface area (Å²) in [4.78, 5) is 14.7. The van der Waals surface area contributed by atoms with Gasteiger partial charge in [-0.3, -0.25) is 4.68 Å². The summed E-state index contributed by atoms with van der Waals surface area (Å²) in [6.45, 7) is 3.36. The first-order valence-electron chi connectivity index (χ1n) is 6.12. The Kier molecular flexibility index (Phi) is 4.52. The molecule has 106 valence electrons. The van der Waals surface area contributed by atoms with Crippen LogP contribution >= 0.6 is 11.6 Å². The molecule has 2 aromatic heterocycles. The Morgan fingerprint density at radius 2 is 2.35 bits per heavy atom. The number of carbonyl (C=O) groups is 1. The number of aromatic carboxylic acids is 1. The Labute approximate surface area is 120 Å². The maximum Gasteiger partial charge on any atom is 0.337 e. The number of hydrogen-bond acceptors (Lipinski definition) is 5. The number of aromatic nitrogens is 4. The zero-order chi connectivity index (χ0) is 14.5. The van der Waals surface area contributed by atoms with E-state index in [1.165, 1.54) is 12.3 Å². The van der Waals surface area contributed by atoms with E-state index in [0.29, 0.717) is 18.8 Å². The van der Waals surface area contributed by atoms with Gasteiger partial charge in [0.1, 0.15) is 5.82 Å². The van der Waals surface area contributed by atoms with E-state index in [0.717, 1.165) is 12.2 Å². The SMILES string of the molecule is CCn1cc(CCNc2ncc(C(=O)O)cc2Cl)nn1. The Balaban J connectivity index is 1.92. The van der Waals surface area contributed by atoms with Crippen molar-refractivity contribution in [1.82, 2.24) is 20.0 Å². The second kappa shape index (κ2) is 6.33. The number of carboxylic acid groups (broad SMARTS) is 1. The minimum atomic E-state index is -1.05. The molecule has 2 aromatic rings. The first kappa shape index (κ1) is 14.3. The summed E-state index contributed by atoms with van der Waals surface area (Å²) in [6.07, 6.45) is 3.83. The molecule has 0 aliphatic rings. The van der Waals surface area contributed by atoms with Gasteiger partial charge in [0.05, 0.1) is 16.3 Å². The fourth-order valence-corrected chi connectivity index (χ4v) is 1.83. The molecule has 7 nitrogen and oxygen atoms in total. The van der Waals surface area contributed by atoms with Gasteiger partial charge in [0, 0.05) is 31.9 Å². The first-order chi connectivity index (χ1) is 9.60. The summed E-state index contributed by atoms with van der Waals surface area (Å²) in [5.41, 5.74) is 0.934. The van der Waals surface area contributed by atoms with E-state index in [4.69, 9.17) is 16.7 Å². The summed E-state index contributed by atoms with van der Waals surface area (Å²) in [6, 6.07) is 1.37. The third kappa shape index (κ3) is 3.45. The number of pyridine rings is 1. The topological polar surface area (TPSA) is 92.9 Å². The number of carboxylic acids is 1. The molecule has 0 aliphatic heterocycles. The van der Waals surface area contributed by atoms with Gasteiger partial charge in [-0.15, -0.1) is 5.10 Å². The lowest BCUT2D eigenvalue weighted by molar-refractivity contribution is 0.0696. The van der Waals surface area contributed by atoms with Crippen LogP contribution in [0.4, 0.5) is 5.82 Å². The Hall–Kier alpha value is -2.15. The summed E-state index contributed by atoms with van der Waals surface area (Å²) >= 11 is 5.96. The molecule has 0 unspecified atom stereocenters. The van der Waals surface area contributed by atoms with Crippen LogP contribution < -0.4 is 5.32 Å². The molecule has 0 saturated heterocycles. The van der Waals surface area contributed by atoms with Gasteiger partial charge in [-0.1, -0.05) is 16.8 Å². The molecule has 0 spiro atoms. The van der Waals surface area contributed by atoms with E-state index >= 15 is 0 Å². The quantitative estimate of drug-likeness (QED) is 0.842. The average Bonchev–Trinajstić information content (AvgIpc) is 2.88. The van der Waals surface area contributed by atoms with Gasteiger partial charge in [0.2, 0.25) is 0 Å².